The molecule has 0 aliphatic carbocycles. The Labute approximate surface area is 377 Å². The maximum absolute atomic E-state index is 12.4. The van der Waals surface area contributed by atoms with Gasteiger partial charge in [-0.25, -0.2) is 10.9 Å². The molecule has 0 radical (unpaired) electrons. The van der Waals surface area contributed by atoms with Gasteiger partial charge in [0, 0.05) is 23.3 Å². The van der Waals surface area contributed by atoms with E-state index in [0.29, 0.717) is 44.6 Å². The number of rotatable bonds is 8. The molecule has 0 bridgehead atoms. The molecule has 6 rings (SSSR count). The number of hydrazone groups is 2. The Morgan fingerprint density at radius 2 is 0.889 bits per heavy atom. The molecule has 0 fully saturated rings. The second-order valence-corrected chi connectivity index (χ2v) is 10.9. The van der Waals surface area contributed by atoms with Crippen LogP contribution in [0.3, 0.4) is 0 Å². The van der Waals surface area contributed by atoms with Gasteiger partial charge in [-0.1, -0.05) is 0 Å². The zero-order valence-electron chi connectivity index (χ0n) is 32.0. The molecular formula is C36H28LaN7O19. The average Bonchev–Trinajstić information content (AvgIpc) is 3.22. The van der Waals surface area contributed by atoms with E-state index in [1.165, 1.54) is 87.7 Å². The Morgan fingerprint density at radius 1 is 0.587 bits per heavy atom. The number of ether oxygens (including phenoxy) is 2. The maximum Gasteiger partial charge on any atom is 3.00 e. The number of nitrogens with zero attached hydrogens (tertiary/aromatic N) is 5. The van der Waals surface area contributed by atoms with Crippen molar-refractivity contribution < 1.29 is 89.0 Å². The van der Waals surface area contributed by atoms with Crippen LogP contribution >= 0.6 is 0 Å². The Morgan fingerprint density at radius 3 is 1.17 bits per heavy atom. The van der Waals surface area contributed by atoms with Crippen molar-refractivity contribution in [3.63, 3.8) is 0 Å². The van der Waals surface area contributed by atoms with Gasteiger partial charge in [-0.2, -0.15) is 10.2 Å². The van der Waals surface area contributed by atoms with Crippen molar-refractivity contribution in [3.8, 4) is 23.0 Å². The summed E-state index contributed by atoms with van der Waals surface area (Å²) >= 11 is 0. The van der Waals surface area contributed by atoms with Crippen LogP contribution in [0.25, 0.3) is 21.9 Å². The number of phenolic OH excluding ortho intramolecular Hbond substituents is 2. The molecule has 26 nitrogen and oxygen atoms in total. The second-order valence-electron chi connectivity index (χ2n) is 10.9. The Kier molecular flexibility index (Phi) is 22.2. The quantitative estimate of drug-likeness (QED) is 0.0956. The number of benzene rings is 4. The number of hydrogen-bond acceptors (Lipinski definition) is 21. The van der Waals surface area contributed by atoms with Crippen LogP contribution in [-0.2, 0) is 0 Å². The summed E-state index contributed by atoms with van der Waals surface area (Å²) in [5, 5.41) is 71.0. The number of fused-ring (bicyclic) bond motifs is 2. The van der Waals surface area contributed by atoms with E-state index in [-0.39, 0.29) is 69.1 Å². The van der Waals surface area contributed by atoms with Crippen LogP contribution in [0, 0.1) is 81.6 Å². The first-order valence-corrected chi connectivity index (χ1v) is 16.2. The number of nitrogens with one attached hydrogen (secondary N) is 2. The summed E-state index contributed by atoms with van der Waals surface area (Å²) in [6.45, 7) is 0. The fourth-order valence-corrected chi connectivity index (χ4v) is 4.36. The smallest absolute Gasteiger partial charge is 0.508 e. The molecule has 324 valence electrons. The molecule has 0 aliphatic rings. The topological polar surface area (TPSA) is 401 Å². The number of carbonyl (C=O) groups is 2. The minimum Gasteiger partial charge on any atom is -0.508 e. The first kappa shape index (κ1) is 52.6. The van der Waals surface area contributed by atoms with Crippen LogP contribution < -0.4 is 31.2 Å². The SMILES string of the molecule is COc1ccc2c(=O)c(/C=N/NC(=O)c3ccc(O)cc3)coc2c1.COc1ccc2c(=O)c(/C=N/NC(=O)c3ccc(O)cc3)coc2c1.O=[N+]([O-])[O-].O=[N+]([O-])[O-].O=[N+]([O-])[O-].[La+3]. The average molecular weight is 1000 g/mol. The minimum absolute atomic E-state index is 0. The van der Waals surface area contributed by atoms with Crippen LogP contribution in [0.15, 0.2) is 126 Å². The summed E-state index contributed by atoms with van der Waals surface area (Å²) in [4.78, 5) is 73.3. The monoisotopic (exact) mass is 1000 g/mol. The van der Waals surface area contributed by atoms with E-state index < -0.39 is 27.1 Å². The standard InChI is InChI=1S/2C18H14N2O5.La.3NO3/c2*1-24-14-6-7-15-16(8-14)25-10-12(17(15)22)9-19-20-18(23)11-2-4-13(21)5-3-11;;3*2-1(3)4/h2*2-10,21H,1H3,(H,20,23);;;;/q;;+3;3*-1/b2*19-9+;;;;. The molecule has 0 spiro atoms. The summed E-state index contributed by atoms with van der Waals surface area (Å²) in [6, 6.07) is 21.2. The largest absolute Gasteiger partial charge is 3.00 e. The van der Waals surface area contributed by atoms with Crippen molar-refractivity contribution in [2.45, 2.75) is 0 Å². The van der Waals surface area contributed by atoms with Crippen LogP contribution in [0.1, 0.15) is 31.8 Å². The van der Waals surface area contributed by atoms with E-state index in [9.17, 15) is 29.4 Å². The molecule has 2 heterocycles. The summed E-state index contributed by atoms with van der Waals surface area (Å²) in [5.74, 6) is 0.352. The summed E-state index contributed by atoms with van der Waals surface area (Å²) < 4.78 is 21.0. The van der Waals surface area contributed by atoms with Crippen molar-refractivity contribution in [2.75, 3.05) is 14.2 Å². The molecule has 0 unspecified atom stereocenters. The molecule has 0 saturated heterocycles. The zero-order valence-corrected chi connectivity index (χ0v) is 35.7. The Bertz CT molecular complexity index is 2480. The molecular weight excluding hydrogens is 973 g/mol. The van der Waals surface area contributed by atoms with Crippen molar-refractivity contribution in [1.82, 2.24) is 10.9 Å². The summed E-state index contributed by atoms with van der Waals surface area (Å²) in [6.07, 6.45) is 4.96. The normalized spacial score (nSPS) is 9.81. The third-order valence-corrected chi connectivity index (χ3v) is 7.02. The van der Waals surface area contributed by atoms with E-state index in [1.54, 1.807) is 36.4 Å². The van der Waals surface area contributed by atoms with Crippen LogP contribution in [-0.4, -0.2) is 63.9 Å². The molecule has 0 aliphatic heterocycles. The van der Waals surface area contributed by atoms with Gasteiger partial charge in [0.15, 0.2) is 0 Å². The van der Waals surface area contributed by atoms with Gasteiger partial charge in [0.05, 0.1) is 63.8 Å². The van der Waals surface area contributed by atoms with E-state index in [2.05, 4.69) is 21.1 Å². The number of methoxy groups -OCH3 is 2. The number of amides is 2. The van der Waals surface area contributed by atoms with Gasteiger partial charge in [-0.15, -0.1) is 0 Å². The molecule has 2 aromatic heterocycles. The van der Waals surface area contributed by atoms with Gasteiger partial charge in [0.25, 0.3) is 11.8 Å². The number of hydrogen-bond donors (Lipinski definition) is 4. The molecule has 6 aromatic rings. The van der Waals surface area contributed by atoms with Crippen LogP contribution in [0.5, 0.6) is 23.0 Å². The Balaban J connectivity index is 0.000000496. The van der Waals surface area contributed by atoms with Gasteiger partial charge in [0.2, 0.25) is 10.9 Å². The van der Waals surface area contributed by atoms with E-state index in [4.69, 9.17) is 64.3 Å². The van der Waals surface area contributed by atoms with E-state index in [1.807, 2.05) is 0 Å². The minimum atomic E-state index is -1.75. The van der Waals surface area contributed by atoms with E-state index in [0.717, 1.165) is 0 Å². The molecule has 0 atom stereocenters. The van der Waals surface area contributed by atoms with Gasteiger partial charge in [-0.05, 0) is 72.8 Å². The first-order valence-electron chi connectivity index (χ1n) is 16.2. The third-order valence-electron chi connectivity index (χ3n) is 7.02. The molecule has 0 saturated carbocycles. The third kappa shape index (κ3) is 18.6. The van der Waals surface area contributed by atoms with Crippen molar-refractivity contribution in [1.29, 1.82) is 0 Å². The number of phenols is 2. The molecule has 27 heteroatoms. The molecule has 4 aromatic carbocycles. The zero-order chi connectivity index (χ0) is 46.4. The van der Waals surface area contributed by atoms with Crippen LogP contribution in [0.2, 0.25) is 0 Å². The van der Waals surface area contributed by atoms with Gasteiger partial charge < -0.3 is 74.5 Å². The molecule has 4 N–H and O–H groups in total. The second kappa shape index (κ2) is 26.6. The van der Waals surface area contributed by atoms with Crippen molar-refractivity contribution in [3.05, 3.63) is 186 Å². The summed E-state index contributed by atoms with van der Waals surface area (Å²) in [5.41, 5.74) is 5.92. The fourth-order valence-electron chi connectivity index (χ4n) is 4.36. The van der Waals surface area contributed by atoms with E-state index >= 15 is 0 Å². The molecule has 63 heavy (non-hydrogen) atoms. The Hall–Kier alpha value is -8.43. The first-order chi connectivity index (χ1) is 29.4. The van der Waals surface area contributed by atoms with Gasteiger partial charge >= 0.3 is 35.6 Å². The van der Waals surface area contributed by atoms with Gasteiger partial charge in [-0.3, -0.25) is 19.2 Å². The maximum atomic E-state index is 12.4. The molecule has 2 amide bonds. The predicted molar refractivity (Wildman–Crippen MR) is 215 cm³/mol. The van der Waals surface area contributed by atoms with Crippen LogP contribution in [0.4, 0.5) is 0 Å². The predicted octanol–water partition coefficient (Wildman–Crippen LogP) is 3.82. The fraction of sp³-hybridized carbons (Fsp3) is 0.0556. The van der Waals surface area contributed by atoms with Gasteiger partial charge in [0.1, 0.15) is 46.7 Å². The number of carbonyl (C=O) groups excluding carboxylic acids is 2. The summed E-state index contributed by atoms with van der Waals surface area (Å²) in [7, 11) is 3.05. The van der Waals surface area contributed by atoms with Crippen molar-refractivity contribution in [2.24, 2.45) is 10.2 Å². The van der Waals surface area contributed by atoms with Crippen molar-refractivity contribution >= 4 is 46.2 Å². The number of aromatic hydroxyl groups is 2.